The zero-order chi connectivity index (χ0) is 16.8. The monoisotopic (exact) mass is 446 g/mol. The third kappa shape index (κ3) is 5.50. The number of piperazine rings is 1. The second-order valence-corrected chi connectivity index (χ2v) is 5.78. The molecule has 1 saturated heterocycles. The largest absolute Gasteiger partial charge is 0.363 e. The minimum Gasteiger partial charge on any atom is -0.363 e. The fourth-order valence-electron chi connectivity index (χ4n) is 2.55. The second kappa shape index (κ2) is 9.65. The van der Waals surface area contributed by atoms with Gasteiger partial charge in [0.1, 0.15) is 5.82 Å². The summed E-state index contributed by atoms with van der Waals surface area (Å²) in [6, 6.07) is 5.99. The Kier molecular flexibility index (Phi) is 8.23. The highest BCUT2D eigenvalue weighted by Crippen LogP contribution is 2.08. The number of carbonyl (C=O) groups is 1. The normalized spacial score (nSPS) is 14.9. The highest BCUT2D eigenvalue weighted by atomic mass is 127. The number of amides is 1. The number of anilines is 1. The summed E-state index contributed by atoms with van der Waals surface area (Å²) in [6.45, 7) is 5.32. The zero-order valence-electron chi connectivity index (χ0n) is 14.8. The lowest BCUT2D eigenvalue weighted by atomic mass is 10.3. The van der Waals surface area contributed by atoms with E-state index in [9.17, 15) is 4.79 Å². The Labute approximate surface area is 161 Å². The predicted octanol–water partition coefficient (Wildman–Crippen LogP) is 1.01. The first-order valence-electron chi connectivity index (χ1n) is 7.85. The Morgan fingerprint density at radius 3 is 2.42 bits per heavy atom. The smallest absolute Gasteiger partial charge is 0.219 e. The summed E-state index contributed by atoms with van der Waals surface area (Å²) in [4.78, 5) is 26.4. The lowest BCUT2D eigenvalue weighted by molar-refractivity contribution is -0.130. The predicted molar refractivity (Wildman–Crippen MR) is 108 cm³/mol. The van der Waals surface area contributed by atoms with Crippen molar-refractivity contribution in [2.75, 3.05) is 52.2 Å². The Balaban J connectivity index is 0.00000288. The standard InChI is InChI=1S/C16H26N6O.HI/c1-13(23)21-8-10-22(11-9-21)16(17-2)18-12-14-6-5-7-15(19-14)20(3)4;/h5-7H,8-12H2,1-4H3,(H,17,18);1H. The minimum atomic E-state index is 0. The number of pyridine rings is 1. The molecule has 1 aliphatic rings. The number of halogens is 1. The number of nitrogens with one attached hydrogen (secondary N) is 1. The molecule has 2 rings (SSSR count). The molecule has 0 unspecified atom stereocenters. The molecule has 7 nitrogen and oxygen atoms in total. The van der Waals surface area contributed by atoms with Crippen LogP contribution >= 0.6 is 24.0 Å². The third-order valence-corrected chi connectivity index (χ3v) is 3.91. The summed E-state index contributed by atoms with van der Waals surface area (Å²) in [5.41, 5.74) is 0.972. The fourth-order valence-corrected chi connectivity index (χ4v) is 2.55. The average molecular weight is 446 g/mol. The van der Waals surface area contributed by atoms with Crippen molar-refractivity contribution in [1.29, 1.82) is 0 Å². The molecule has 1 fully saturated rings. The number of aromatic nitrogens is 1. The first-order chi connectivity index (χ1) is 11.0. The number of aliphatic imine (C=N–C) groups is 1. The van der Waals surface area contributed by atoms with E-state index in [0.717, 1.165) is 43.7 Å². The summed E-state index contributed by atoms with van der Waals surface area (Å²) in [5, 5.41) is 3.36. The molecule has 0 aliphatic carbocycles. The van der Waals surface area contributed by atoms with Gasteiger partial charge in [0.15, 0.2) is 5.96 Å². The topological polar surface area (TPSA) is 64.1 Å². The number of carbonyl (C=O) groups excluding carboxylic acids is 1. The molecule has 0 spiro atoms. The Morgan fingerprint density at radius 1 is 1.25 bits per heavy atom. The minimum absolute atomic E-state index is 0. The van der Waals surface area contributed by atoms with Crippen LogP contribution in [0.2, 0.25) is 0 Å². The number of nitrogens with zero attached hydrogens (tertiary/aromatic N) is 5. The van der Waals surface area contributed by atoms with Crippen molar-refractivity contribution < 1.29 is 4.79 Å². The second-order valence-electron chi connectivity index (χ2n) is 5.78. The molecule has 8 heteroatoms. The lowest BCUT2D eigenvalue weighted by Gasteiger charge is -2.36. The first-order valence-corrected chi connectivity index (χ1v) is 7.85. The van der Waals surface area contributed by atoms with Gasteiger partial charge in [0.05, 0.1) is 12.2 Å². The Morgan fingerprint density at radius 2 is 1.88 bits per heavy atom. The highest BCUT2D eigenvalue weighted by Gasteiger charge is 2.20. The van der Waals surface area contributed by atoms with Gasteiger partial charge in [0.25, 0.3) is 0 Å². The van der Waals surface area contributed by atoms with Gasteiger partial charge in [0, 0.05) is 54.2 Å². The van der Waals surface area contributed by atoms with E-state index in [-0.39, 0.29) is 29.9 Å². The molecule has 1 aromatic heterocycles. The van der Waals surface area contributed by atoms with Crippen LogP contribution in [0.4, 0.5) is 5.82 Å². The fraction of sp³-hybridized carbons (Fsp3) is 0.562. The molecule has 0 radical (unpaired) electrons. The average Bonchev–Trinajstić information content (AvgIpc) is 2.56. The van der Waals surface area contributed by atoms with Crippen molar-refractivity contribution in [1.82, 2.24) is 20.1 Å². The number of hydrogen-bond donors (Lipinski definition) is 1. The van der Waals surface area contributed by atoms with Gasteiger partial charge in [-0.15, -0.1) is 24.0 Å². The van der Waals surface area contributed by atoms with Gasteiger partial charge >= 0.3 is 0 Å². The van der Waals surface area contributed by atoms with Gasteiger partial charge in [-0.05, 0) is 12.1 Å². The molecular weight excluding hydrogens is 419 g/mol. The molecule has 134 valence electrons. The highest BCUT2D eigenvalue weighted by molar-refractivity contribution is 14.0. The molecule has 24 heavy (non-hydrogen) atoms. The molecule has 0 atom stereocenters. The molecule has 2 heterocycles. The molecular formula is C16H27IN6O. The van der Waals surface area contributed by atoms with Gasteiger partial charge in [-0.25, -0.2) is 4.98 Å². The van der Waals surface area contributed by atoms with Gasteiger partial charge in [-0.1, -0.05) is 6.07 Å². The lowest BCUT2D eigenvalue weighted by Crippen LogP contribution is -2.53. The van der Waals surface area contributed by atoms with E-state index in [2.05, 4.69) is 20.2 Å². The van der Waals surface area contributed by atoms with Gasteiger partial charge in [-0.2, -0.15) is 0 Å². The molecule has 1 N–H and O–H groups in total. The first kappa shape index (κ1) is 20.5. The maximum absolute atomic E-state index is 11.4. The van der Waals surface area contributed by atoms with Crippen LogP contribution in [0.1, 0.15) is 12.6 Å². The summed E-state index contributed by atoms with van der Waals surface area (Å²) in [7, 11) is 5.74. The van der Waals surface area contributed by atoms with E-state index in [0.29, 0.717) is 6.54 Å². The van der Waals surface area contributed by atoms with Crippen LogP contribution in [-0.4, -0.2) is 74.0 Å². The summed E-state index contributed by atoms with van der Waals surface area (Å²) < 4.78 is 0. The maximum atomic E-state index is 11.4. The van der Waals surface area contributed by atoms with Gasteiger partial charge < -0.3 is 20.0 Å². The van der Waals surface area contributed by atoms with E-state index in [1.54, 1.807) is 14.0 Å². The summed E-state index contributed by atoms with van der Waals surface area (Å²) in [6.07, 6.45) is 0. The van der Waals surface area contributed by atoms with Gasteiger partial charge in [-0.3, -0.25) is 9.79 Å². The van der Waals surface area contributed by atoms with Crippen molar-refractivity contribution in [3.05, 3.63) is 23.9 Å². The van der Waals surface area contributed by atoms with Crippen LogP contribution in [0.15, 0.2) is 23.2 Å². The van der Waals surface area contributed by atoms with Crippen LogP contribution in [-0.2, 0) is 11.3 Å². The number of guanidine groups is 1. The Hall–Kier alpha value is -1.58. The molecule has 0 aromatic carbocycles. The molecule has 1 amide bonds. The van der Waals surface area contributed by atoms with Crippen LogP contribution in [0.3, 0.4) is 0 Å². The van der Waals surface area contributed by atoms with Crippen molar-refractivity contribution in [2.24, 2.45) is 4.99 Å². The van der Waals surface area contributed by atoms with E-state index in [4.69, 9.17) is 0 Å². The molecule has 1 aromatic rings. The van der Waals surface area contributed by atoms with Crippen molar-refractivity contribution in [2.45, 2.75) is 13.5 Å². The van der Waals surface area contributed by atoms with E-state index < -0.39 is 0 Å². The molecule has 0 saturated carbocycles. The summed E-state index contributed by atoms with van der Waals surface area (Å²) >= 11 is 0. The van der Waals surface area contributed by atoms with E-state index in [1.807, 2.05) is 42.1 Å². The maximum Gasteiger partial charge on any atom is 0.219 e. The third-order valence-electron chi connectivity index (χ3n) is 3.91. The quantitative estimate of drug-likeness (QED) is 0.427. The summed E-state index contributed by atoms with van der Waals surface area (Å²) in [5.74, 6) is 1.93. The Bertz CT molecular complexity index is 569. The van der Waals surface area contributed by atoms with Crippen LogP contribution in [0.5, 0.6) is 0 Å². The van der Waals surface area contributed by atoms with E-state index >= 15 is 0 Å². The number of hydrogen-bond acceptors (Lipinski definition) is 4. The zero-order valence-corrected chi connectivity index (χ0v) is 17.2. The van der Waals surface area contributed by atoms with Crippen molar-refractivity contribution >= 4 is 41.7 Å². The van der Waals surface area contributed by atoms with Gasteiger partial charge in [0.2, 0.25) is 5.91 Å². The SMILES string of the molecule is CN=C(NCc1cccc(N(C)C)n1)N1CCN(C(C)=O)CC1.I. The van der Waals surface area contributed by atoms with E-state index in [1.165, 1.54) is 0 Å². The number of rotatable bonds is 3. The van der Waals surface area contributed by atoms with Crippen LogP contribution < -0.4 is 10.2 Å². The van der Waals surface area contributed by atoms with Crippen LogP contribution in [0.25, 0.3) is 0 Å². The molecule has 0 bridgehead atoms. The van der Waals surface area contributed by atoms with Crippen LogP contribution in [0, 0.1) is 0 Å². The molecule has 1 aliphatic heterocycles. The van der Waals surface area contributed by atoms with Crippen molar-refractivity contribution in [3.63, 3.8) is 0 Å². The van der Waals surface area contributed by atoms with Crippen molar-refractivity contribution in [3.8, 4) is 0 Å².